The third-order valence-corrected chi connectivity index (χ3v) is 5.61. The smallest absolute Gasteiger partial charge is 0.180 e. The molecule has 0 radical (unpaired) electrons. The number of rotatable bonds is 6. The van der Waals surface area contributed by atoms with Gasteiger partial charge < -0.3 is 11.1 Å². The quantitative estimate of drug-likeness (QED) is 0.444. The molecule has 5 rings (SSSR count). The Kier molecular flexibility index (Phi) is 5.21. The van der Waals surface area contributed by atoms with Crippen molar-refractivity contribution in [2.45, 2.75) is 26.3 Å². The number of nitrogens with zero attached hydrogens (tertiary/aromatic N) is 3. The molecule has 32 heavy (non-hydrogen) atoms. The fourth-order valence-corrected chi connectivity index (χ4v) is 4.10. The Labute approximate surface area is 186 Å². The van der Waals surface area contributed by atoms with Gasteiger partial charge in [-0.05, 0) is 48.2 Å². The molecular weight excluding hydrogens is 398 g/mol. The van der Waals surface area contributed by atoms with Crippen molar-refractivity contribution in [1.82, 2.24) is 15.0 Å². The molecule has 2 aromatic heterocycles. The van der Waals surface area contributed by atoms with Gasteiger partial charge in [0.1, 0.15) is 5.52 Å². The van der Waals surface area contributed by atoms with Gasteiger partial charge in [-0.15, -0.1) is 0 Å². The Bertz CT molecular complexity index is 1380. The van der Waals surface area contributed by atoms with Gasteiger partial charge in [0.15, 0.2) is 11.4 Å². The van der Waals surface area contributed by atoms with Gasteiger partial charge in [-0.3, -0.25) is 4.79 Å². The number of carbonyl (C=O) groups excluding carboxylic acids is 1. The van der Waals surface area contributed by atoms with E-state index in [1.165, 1.54) is 0 Å². The van der Waals surface area contributed by atoms with E-state index in [1.54, 1.807) is 6.20 Å². The summed E-state index contributed by atoms with van der Waals surface area (Å²) in [6.07, 6.45) is 7.03. The van der Waals surface area contributed by atoms with Crippen LogP contribution in [0.15, 0.2) is 60.8 Å². The third kappa shape index (κ3) is 3.88. The predicted molar refractivity (Wildman–Crippen MR) is 127 cm³/mol. The number of Topliss-reactive ketones (excluding diaryl/α,β-unsaturated/α-hetero) is 1. The lowest BCUT2D eigenvalue weighted by Crippen LogP contribution is -2.07. The Morgan fingerprint density at radius 3 is 2.88 bits per heavy atom. The molecule has 6 heteroatoms. The molecule has 0 atom stereocenters. The van der Waals surface area contributed by atoms with Crippen molar-refractivity contribution < 1.29 is 4.79 Å². The van der Waals surface area contributed by atoms with Crippen LogP contribution in [0.3, 0.4) is 0 Å². The molecule has 0 amide bonds. The molecule has 6 nitrogen and oxygen atoms in total. The highest BCUT2D eigenvalue weighted by atomic mass is 16.1. The van der Waals surface area contributed by atoms with Gasteiger partial charge in [-0.2, -0.15) is 0 Å². The van der Waals surface area contributed by atoms with Crippen molar-refractivity contribution in [3.05, 3.63) is 94.4 Å². The second kappa shape index (κ2) is 8.32. The van der Waals surface area contributed by atoms with Crippen LogP contribution >= 0.6 is 0 Å². The number of pyridine rings is 1. The van der Waals surface area contributed by atoms with Crippen LogP contribution < -0.4 is 11.1 Å². The predicted octanol–water partition coefficient (Wildman–Crippen LogP) is 4.53. The van der Waals surface area contributed by atoms with Gasteiger partial charge in [0, 0.05) is 29.9 Å². The minimum absolute atomic E-state index is 0.132. The van der Waals surface area contributed by atoms with E-state index in [-0.39, 0.29) is 5.78 Å². The number of benzene rings is 2. The summed E-state index contributed by atoms with van der Waals surface area (Å²) < 4.78 is 0. The van der Waals surface area contributed by atoms with E-state index in [0.29, 0.717) is 29.8 Å². The van der Waals surface area contributed by atoms with E-state index < -0.39 is 0 Å². The van der Waals surface area contributed by atoms with Crippen LogP contribution in [0.5, 0.6) is 0 Å². The van der Waals surface area contributed by atoms with Crippen molar-refractivity contribution in [2.75, 3.05) is 5.32 Å². The highest BCUT2D eigenvalue weighted by Gasteiger charge is 2.16. The first-order valence-corrected chi connectivity index (χ1v) is 10.6. The second-order valence-electron chi connectivity index (χ2n) is 7.95. The number of ketones is 1. The Balaban J connectivity index is 1.41. The van der Waals surface area contributed by atoms with Crippen LogP contribution in [0.25, 0.3) is 17.2 Å². The normalized spacial score (nSPS) is 12.2. The van der Waals surface area contributed by atoms with Gasteiger partial charge >= 0.3 is 0 Å². The summed E-state index contributed by atoms with van der Waals surface area (Å²) in [4.78, 5) is 26.5. The van der Waals surface area contributed by atoms with Gasteiger partial charge in [0.25, 0.3) is 0 Å². The van der Waals surface area contributed by atoms with Crippen molar-refractivity contribution in [1.29, 1.82) is 0 Å². The maximum atomic E-state index is 13.0. The second-order valence-corrected chi connectivity index (χ2v) is 7.95. The summed E-state index contributed by atoms with van der Waals surface area (Å²) in [5.41, 5.74) is 14.2. The number of aryl methyl sites for hydroxylation is 1. The molecule has 3 N–H and O–H groups in total. The van der Waals surface area contributed by atoms with E-state index in [2.05, 4.69) is 38.5 Å². The van der Waals surface area contributed by atoms with E-state index in [4.69, 9.17) is 5.73 Å². The molecule has 0 aliphatic heterocycles. The minimum atomic E-state index is 0.132. The largest absolute Gasteiger partial charge is 0.354 e. The zero-order chi connectivity index (χ0) is 22.1. The standard InChI is InChI=1S/C26H23N5O/c1-16-11-23(25-26(29-16)31-20(14-27)15-28-25)30-19-8-2-5-17(12-19)13-24(32)22-10-4-7-18-6-3-9-21(18)22/h2-8,10-12,15H,9,13-14,27H2,1H3,(H,29,30,31). The summed E-state index contributed by atoms with van der Waals surface area (Å²) in [6.45, 7) is 2.24. The first-order valence-electron chi connectivity index (χ1n) is 10.6. The van der Waals surface area contributed by atoms with E-state index in [0.717, 1.165) is 45.7 Å². The van der Waals surface area contributed by atoms with E-state index >= 15 is 0 Å². The average molecular weight is 422 g/mol. The van der Waals surface area contributed by atoms with E-state index in [9.17, 15) is 4.79 Å². The van der Waals surface area contributed by atoms with Crippen LogP contribution in [-0.4, -0.2) is 20.7 Å². The van der Waals surface area contributed by atoms with Gasteiger partial charge in [0.2, 0.25) is 0 Å². The fourth-order valence-electron chi connectivity index (χ4n) is 4.10. The van der Waals surface area contributed by atoms with Crippen molar-refractivity contribution in [3.63, 3.8) is 0 Å². The summed E-state index contributed by atoms with van der Waals surface area (Å²) in [5, 5.41) is 3.43. The molecule has 0 bridgehead atoms. The van der Waals surface area contributed by atoms with Crippen molar-refractivity contribution in [2.24, 2.45) is 5.73 Å². The molecule has 0 saturated heterocycles. The number of fused-ring (bicyclic) bond motifs is 2. The molecule has 158 valence electrons. The SMILES string of the molecule is Cc1cc(Nc2cccc(CC(=O)c3cccc4c3CC=C4)c2)c2ncc(CN)nc2n1. The van der Waals surface area contributed by atoms with Crippen LogP contribution in [0.4, 0.5) is 11.4 Å². The molecule has 0 saturated carbocycles. The van der Waals surface area contributed by atoms with Gasteiger partial charge in [-0.1, -0.05) is 42.5 Å². The van der Waals surface area contributed by atoms with Crippen LogP contribution in [0, 0.1) is 6.92 Å². The first kappa shape index (κ1) is 20.0. The van der Waals surface area contributed by atoms with Gasteiger partial charge in [0.05, 0.1) is 17.6 Å². The monoisotopic (exact) mass is 421 g/mol. The number of hydrogen-bond acceptors (Lipinski definition) is 6. The topological polar surface area (TPSA) is 93.8 Å². The number of nitrogens with two attached hydrogens (primary N) is 1. The maximum absolute atomic E-state index is 13.0. The van der Waals surface area contributed by atoms with Crippen LogP contribution in [0.1, 0.15) is 38.4 Å². The molecule has 2 heterocycles. The number of nitrogens with one attached hydrogen (secondary N) is 1. The lowest BCUT2D eigenvalue weighted by Gasteiger charge is -2.12. The number of allylic oxidation sites excluding steroid dienone is 1. The Morgan fingerprint density at radius 1 is 1.12 bits per heavy atom. The van der Waals surface area contributed by atoms with Gasteiger partial charge in [-0.25, -0.2) is 15.0 Å². The number of carbonyl (C=O) groups is 1. The lowest BCUT2D eigenvalue weighted by molar-refractivity contribution is 0.0992. The Morgan fingerprint density at radius 2 is 2.00 bits per heavy atom. The zero-order valence-corrected chi connectivity index (χ0v) is 17.8. The maximum Gasteiger partial charge on any atom is 0.180 e. The molecule has 0 fully saturated rings. The first-order chi connectivity index (χ1) is 15.6. The lowest BCUT2D eigenvalue weighted by atomic mass is 9.95. The minimum Gasteiger partial charge on any atom is -0.354 e. The zero-order valence-electron chi connectivity index (χ0n) is 17.8. The number of aromatic nitrogens is 3. The molecule has 0 spiro atoms. The molecule has 2 aromatic carbocycles. The Hall–Kier alpha value is -3.90. The average Bonchev–Trinajstić information content (AvgIpc) is 3.27. The molecule has 4 aromatic rings. The molecule has 1 aliphatic carbocycles. The number of anilines is 2. The molecular formula is C26H23N5O. The summed E-state index contributed by atoms with van der Waals surface area (Å²) in [6, 6.07) is 15.8. The molecule has 1 aliphatic rings. The highest BCUT2D eigenvalue weighted by Crippen LogP contribution is 2.27. The van der Waals surface area contributed by atoms with Crippen molar-refractivity contribution >= 4 is 34.4 Å². The van der Waals surface area contributed by atoms with Crippen molar-refractivity contribution in [3.8, 4) is 0 Å². The van der Waals surface area contributed by atoms with E-state index in [1.807, 2.05) is 49.4 Å². The number of hydrogen-bond donors (Lipinski definition) is 2. The fraction of sp³-hybridized carbons (Fsp3) is 0.154. The van der Waals surface area contributed by atoms with Crippen LogP contribution in [0.2, 0.25) is 0 Å². The summed E-state index contributed by atoms with van der Waals surface area (Å²) in [7, 11) is 0. The molecule has 0 unspecified atom stereocenters. The highest BCUT2D eigenvalue weighted by molar-refractivity contribution is 6.00. The summed E-state index contributed by atoms with van der Waals surface area (Å²) in [5.74, 6) is 0.132. The summed E-state index contributed by atoms with van der Waals surface area (Å²) >= 11 is 0. The van der Waals surface area contributed by atoms with Crippen LogP contribution in [-0.2, 0) is 19.4 Å². The third-order valence-electron chi connectivity index (χ3n) is 5.61.